The van der Waals surface area contributed by atoms with Crippen molar-refractivity contribution < 1.29 is 0 Å². The number of hydrogen-bond acceptors (Lipinski definition) is 5. The molecule has 0 bridgehead atoms. The largest absolute Gasteiger partial charge is 0.271 e. The lowest BCUT2D eigenvalue weighted by molar-refractivity contribution is 0.563. The van der Waals surface area contributed by atoms with Gasteiger partial charge in [0, 0.05) is 0 Å². The van der Waals surface area contributed by atoms with E-state index in [2.05, 4.69) is 28.5 Å². The Bertz CT molecular complexity index is 284. The molecule has 4 nitrogen and oxygen atoms in total. The van der Waals surface area contributed by atoms with Crippen molar-refractivity contribution in [3.8, 4) is 0 Å². The third-order valence-electron chi connectivity index (χ3n) is 1.99. The highest BCUT2D eigenvalue weighted by Crippen LogP contribution is 2.23. The average molecular weight is 212 g/mol. The maximum Gasteiger partial charge on any atom is 0.0804 e. The molecule has 5 heteroatoms. The van der Waals surface area contributed by atoms with Crippen molar-refractivity contribution in [3.05, 3.63) is 23.2 Å². The predicted octanol–water partition coefficient (Wildman–Crippen LogP) is 1.57. The second-order valence-corrected chi connectivity index (χ2v) is 3.86. The summed E-state index contributed by atoms with van der Waals surface area (Å²) >= 11 is 1.41. The lowest BCUT2D eigenvalue weighted by Crippen LogP contribution is -2.27. The van der Waals surface area contributed by atoms with Crippen molar-refractivity contribution >= 4 is 11.5 Å². The normalized spacial score (nSPS) is 12.7. The molecule has 1 aromatic rings. The van der Waals surface area contributed by atoms with Gasteiger partial charge in [0.2, 0.25) is 0 Å². The summed E-state index contributed by atoms with van der Waals surface area (Å²) in [5, 5.41) is 4.10. The van der Waals surface area contributed by atoms with Gasteiger partial charge >= 0.3 is 0 Å². The lowest BCUT2D eigenvalue weighted by atomic mass is 10.1. The van der Waals surface area contributed by atoms with Crippen LogP contribution in [-0.4, -0.2) is 9.59 Å². The molecule has 0 aliphatic rings. The van der Waals surface area contributed by atoms with Crippen LogP contribution in [0.15, 0.2) is 12.7 Å². The molecule has 0 amide bonds. The zero-order valence-electron chi connectivity index (χ0n) is 8.36. The molecule has 1 heterocycles. The molecule has 1 atom stereocenters. The predicted molar refractivity (Wildman–Crippen MR) is 58.8 cm³/mol. The third-order valence-corrected chi connectivity index (χ3v) is 2.87. The highest BCUT2D eigenvalue weighted by Gasteiger charge is 2.15. The number of hydrogen-bond donors (Lipinski definition) is 2. The van der Waals surface area contributed by atoms with E-state index in [4.69, 9.17) is 5.84 Å². The zero-order valence-corrected chi connectivity index (χ0v) is 9.18. The number of nitrogens with one attached hydrogen (secondary N) is 1. The summed E-state index contributed by atoms with van der Waals surface area (Å²) in [6.07, 6.45) is 4.68. The number of aromatic nitrogens is 2. The van der Waals surface area contributed by atoms with E-state index in [1.54, 1.807) is 0 Å². The molecular formula is C9H16N4S. The minimum Gasteiger partial charge on any atom is -0.271 e. The molecule has 1 unspecified atom stereocenters. The van der Waals surface area contributed by atoms with E-state index in [1.807, 2.05) is 6.08 Å². The Morgan fingerprint density at radius 3 is 3.07 bits per heavy atom. The summed E-state index contributed by atoms with van der Waals surface area (Å²) in [6.45, 7) is 5.83. The fourth-order valence-electron chi connectivity index (χ4n) is 1.31. The summed E-state index contributed by atoms with van der Waals surface area (Å²) in [6, 6.07) is 0.106. The fourth-order valence-corrected chi connectivity index (χ4v) is 2.07. The van der Waals surface area contributed by atoms with Crippen LogP contribution in [0.25, 0.3) is 0 Å². The third kappa shape index (κ3) is 2.60. The average Bonchev–Trinajstić information content (AvgIpc) is 2.63. The van der Waals surface area contributed by atoms with Crippen molar-refractivity contribution in [1.82, 2.24) is 15.0 Å². The minimum absolute atomic E-state index is 0.106. The highest BCUT2D eigenvalue weighted by molar-refractivity contribution is 7.05. The standard InChI is InChI=1S/C9H16N4S/c1-3-5-7(11-10)9-8(6-4-2)12-13-14-9/h3,7,11H,1,4-6,10H2,2H3. The van der Waals surface area contributed by atoms with Gasteiger partial charge in [-0.1, -0.05) is 23.9 Å². The Balaban J connectivity index is 2.79. The zero-order chi connectivity index (χ0) is 10.4. The monoisotopic (exact) mass is 212 g/mol. The quantitative estimate of drug-likeness (QED) is 0.427. The van der Waals surface area contributed by atoms with Gasteiger partial charge in [-0.25, -0.2) is 0 Å². The molecule has 3 N–H and O–H groups in total. The first-order valence-corrected chi connectivity index (χ1v) is 5.49. The molecule has 0 radical (unpaired) electrons. The van der Waals surface area contributed by atoms with E-state index in [9.17, 15) is 0 Å². The number of nitrogens with two attached hydrogens (primary N) is 1. The maximum absolute atomic E-state index is 5.47. The Kier molecular flexibility index (Phi) is 4.72. The Morgan fingerprint density at radius 2 is 2.50 bits per heavy atom. The minimum atomic E-state index is 0.106. The van der Waals surface area contributed by atoms with Crippen LogP contribution in [0, 0.1) is 0 Å². The highest BCUT2D eigenvalue weighted by atomic mass is 32.1. The molecule has 0 saturated carbocycles. The molecule has 0 fully saturated rings. The molecule has 0 spiro atoms. The first-order valence-electron chi connectivity index (χ1n) is 4.71. The molecule has 14 heavy (non-hydrogen) atoms. The Labute approximate surface area is 88.3 Å². The van der Waals surface area contributed by atoms with E-state index in [1.165, 1.54) is 11.5 Å². The Morgan fingerprint density at radius 1 is 1.71 bits per heavy atom. The summed E-state index contributed by atoms with van der Waals surface area (Å²) in [4.78, 5) is 1.13. The van der Waals surface area contributed by atoms with E-state index in [0.717, 1.165) is 29.8 Å². The van der Waals surface area contributed by atoms with Gasteiger partial charge in [-0.05, 0) is 24.4 Å². The lowest BCUT2D eigenvalue weighted by Gasteiger charge is -2.11. The van der Waals surface area contributed by atoms with Crippen molar-refractivity contribution in [3.63, 3.8) is 0 Å². The molecule has 0 aliphatic heterocycles. The number of rotatable bonds is 6. The molecule has 0 aliphatic carbocycles. The first-order chi connectivity index (χ1) is 6.83. The van der Waals surface area contributed by atoms with Gasteiger partial charge in [0.1, 0.15) is 0 Å². The smallest absolute Gasteiger partial charge is 0.0804 e. The van der Waals surface area contributed by atoms with Gasteiger partial charge in [0.05, 0.1) is 16.6 Å². The van der Waals surface area contributed by atoms with Crippen LogP contribution in [0.3, 0.4) is 0 Å². The second-order valence-electron chi connectivity index (χ2n) is 3.08. The van der Waals surface area contributed by atoms with Crippen molar-refractivity contribution in [2.75, 3.05) is 0 Å². The summed E-state index contributed by atoms with van der Waals surface area (Å²) in [7, 11) is 0. The van der Waals surface area contributed by atoms with Gasteiger partial charge in [0.15, 0.2) is 0 Å². The van der Waals surface area contributed by atoms with Crippen LogP contribution >= 0.6 is 11.5 Å². The van der Waals surface area contributed by atoms with Gasteiger partial charge in [-0.2, -0.15) is 0 Å². The van der Waals surface area contributed by atoms with Crippen LogP contribution in [0.1, 0.15) is 36.4 Å². The first kappa shape index (κ1) is 11.3. The van der Waals surface area contributed by atoms with Crippen LogP contribution in [0.5, 0.6) is 0 Å². The maximum atomic E-state index is 5.47. The Hall–Kier alpha value is -0.780. The SMILES string of the molecule is C=CCC(NN)c1snnc1CCC. The van der Waals surface area contributed by atoms with Gasteiger partial charge in [-0.15, -0.1) is 11.7 Å². The van der Waals surface area contributed by atoms with Crippen LogP contribution in [-0.2, 0) is 6.42 Å². The molecule has 1 aromatic heterocycles. The van der Waals surface area contributed by atoms with Crippen molar-refractivity contribution in [1.29, 1.82) is 0 Å². The molecule has 78 valence electrons. The van der Waals surface area contributed by atoms with E-state index in [-0.39, 0.29) is 6.04 Å². The second kappa shape index (κ2) is 5.85. The molecule has 1 rings (SSSR count). The fraction of sp³-hybridized carbons (Fsp3) is 0.556. The number of nitrogens with zero attached hydrogens (tertiary/aromatic N) is 2. The molecular weight excluding hydrogens is 196 g/mol. The number of hydrazine groups is 1. The topological polar surface area (TPSA) is 63.8 Å². The van der Waals surface area contributed by atoms with Gasteiger partial charge in [0.25, 0.3) is 0 Å². The summed E-state index contributed by atoms with van der Waals surface area (Å²) in [5.41, 5.74) is 3.82. The molecule has 0 saturated heterocycles. The van der Waals surface area contributed by atoms with Crippen molar-refractivity contribution in [2.24, 2.45) is 5.84 Å². The van der Waals surface area contributed by atoms with Crippen molar-refractivity contribution in [2.45, 2.75) is 32.2 Å². The summed E-state index contributed by atoms with van der Waals surface area (Å²) < 4.78 is 3.95. The number of aryl methyl sites for hydroxylation is 1. The van der Waals surface area contributed by atoms with E-state index in [0.29, 0.717) is 0 Å². The molecule has 0 aromatic carbocycles. The van der Waals surface area contributed by atoms with Crippen LogP contribution in [0.4, 0.5) is 0 Å². The van der Waals surface area contributed by atoms with Crippen LogP contribution in [0.2, 0.25) is 0 Å². The van der Waals surface area contributed by atoms with Gasteiger partial charge in [-0.3, -0.25) is 11.3 Å². The van der Waals surface area contributed by atoms with Gasteiger partial charge < -0.3 is 0 Å². The van der Waals surface area contributed by atoms with E-state index >= 15 is 0 Å². The van der Waals surface area contributed by atoms with Crippen LogP contribution < -0.4 is 11.3 Å². The van der Waals surface area contributed by atoms with E-state index < -0.39 is 0 Å². The summed E-state index contributed by atoms with van der Waals surface area (Å²) in [5.74, 6) is 5.47.